The van der Waals surface area contributed by atoms with E-state index in [1.807, 2.05) is 0 Å². The van der Waals surface area contributed by atoms with E-state index in [-0.39, 0.29) is 24.8 Å². The Kier molecular flexibility index (Phi) is 7.80. The molecule has 0 unspecified atom stereocenters. The zero-order valence-electron chi connectivity index (χ0n) is 6.10. The normalized spacial score (nSPS) is 7.33. The molecule has 0 atom stereocenters. The summed E-state index contributed by atoms with van der Waals surface area (Å²) in [5, 5.41) is 0. The van der Waals surface area contributed by atoms with E-state index >= 15 is 0 Å². The quantitative estimate of drug-likeness (QED) is 0.696. The van der Waals surface area contributed by atoms with Gasteiger partial charge in [-0.3, -0.25) is 9.59 Å². The maximum atomic E-state index is 10.2. The van der Waals surface area contributed by atoms with Gasteiger partial charge >= 0.3 is 0 Å². The maximum absolute atomic E-state index is 10.2. The van der Waals surface area contributed by atoms with Gasteiger partial charge < -0.3 is 0 Å². The van der Waals surface area contributed by atoms with Crippen molar-refractivity contribution in [2.45, 2.75) is 0 Å². The first-order chi connectivity index (χ1) is 4.86. The Morgan fingerprint density at radius 1 is 0.917 bits per heavy atom. The summed E-state index contributed by atoms with van der Waals surface area (Å²) in [5.74, 6) is 0. The first-order valence-electron chi connectivity index (χ1n) is 2.87. The van der Waals surface area contributed by atoms with E-state index < -0.39 is 0 Å². The van der Waals surface area contributed by atoms with Crippen molar-refractivity contribution in [2.75, 3.05) is 0 Å². The second kappa shape index (κ2) is 6.83. The largest absolute Gasteiger partial charge is 0.298 e. The molecular weight excluding hydrogens is 199 g/mol. The lowest BCUT2D eigenvalue weighted by atomic mass is 10.2. The molecule has 1 rings (SSSR count). The summed E-state index contributed by atoms with van der Waals surface area (Å²) in [4.78, 5) is 20.3. The van der Waals surface area contributed by atoms with Gasteiger partial charge in [0.05, 0.1) is 0 Å². The van der Waals surface area contributed by atoms with E-state index in [0.717, 1.165) is 0 Å². The first-order valence-corrected chi connectivity index (χ1v) is 2.87. The van der Waals surface area contributed by atoms with Gasteiger partial charge in [-0.05, 0) is 6.07 Å². The lowest BCUT2D eigenvalue weighted by Crippen LogP contribution is -1.82. The number of carbonyl (C=O) groups is 2. The monoisotopic (exact) mass is 206 g/mol. The minimum absolute atomic E-state index is 0. The molecule has 0 aliphatic rings. The predicted molar refractivity (Wildman–Crippen MR) is 51.7 cm³/mol. The van der Waals surface area contributed by atoms with Crippen molar-refractivity contribution < 1.29 is 9.59 Å². The molecule has 0 saturated carbocycles. The first kappa shape index (κ1) is 13.7. The van der Waals surface area contributed by atoms with Crippen LogP contribution in [0.2, 0.25) is 0 Å². The van der Waals surface area contributed by atoms with E-state index in [4.69, 9.17) is 0 Å². The van der Waals surface area contributed by atoms with E-state index in [9.17, 15) is 9.59 Å². The molecule has 0 radical (unpaired) electrons. The Morgan fingerprint density at radius 3 is 1.67 bits per heavy atom. The predicted octanol–water partition coefficient (Wildman–Crippen LogP) is 2.16. The van der Waals surface area contributed by atoms with Crippen molar-refractivity contribution in [2.24, 2.45) is 0 Å². The Labute approximate surface area is 82.8 Å². The summed E-state index contributed by atoms with van der Waals surface area (Å²) in [5.41, 5.74) is 1.06. The smallest absolute Gasteiger partial charge is 0.150 e. The summed E-state index contributed by atoms with van der Waals surface area (Å²) in [6, 6.07) is 6.52. The van der Waals surface area contributed by atoms with Gasteiger partial charge in [-0.15, -0.1) is 24.8 Å². The second-order valence-corrected chi connectivity index (χ2v) is 1.91. The van der Waals surface area contributed by atoms with Crippen LogP contribution in [0, 0.1) is 0 Å². The van der Waals surface area contributed by atoms with Crippen LogP contribution < -0.4 is 0 Å². The summed E-state index contributed by atoms with van der Waals surface area (Å²) >= 11 is 0. The zero-order valence-corrected chi connectivity index (χ0v) is 7.73. The molecule has 66 valence electrons. The molecule has 0 aromatic heterocycles. The fraction of sp³-hybridized carbons (Fsp3) is 0. The lowest BCUT2D eigenvalue weighted by molar-refractivity contribution is 0.112. The van der Waals surface area contributed by atoms with E-state index in [1.54, 1.807) is 24.3 Å². The number of aldehydes is 2. The van der Waals surface area contributed by atoms with Crippen LogP contribution in [0.5, 0.6) is 0 Å². The van der Waals surface area contributed by atoms with Crippen LogP contribution in [0.1, 0.15) is 20.7 Å². The molecule has 0 aliphatic heterocycles. The molecule has 0 spiro atoms. The van der Waals surface area contributed by atoms with Crippen molar-refractivity contribution in [1.29, 1.82) is 0 Å². The zero-order chi connectivity index (χ0) is 7.40. The number of benzene rings is 1. The van der Waals surface area contributed by atoms with Crippen molar-refractivity contribution in [3.63, 3.8) is 0 Å². The van der Waals surface area contributed by atoms with E-state index in [1.165, 1.54) is 0 Å². The second-order valence-electron chi connectivity index (χ2n) is 1.91. The van der Waals surface area contributed by atoms with E-state index in [2.05, 4.69) is 0 Å². The summed E-state index contributed by atoms with van der Waals surface area (Å²) in [7, 11) is 0. The highest BCUT2D eigenvalue weighted by Crippen LogP contribution is 1.99. The van der Waals surface area contributed by atoms with Gasteiger partial charge in [-0.25, -0.2) is 0 Å². The highest BCUT2D eigenvalue weighted by atomic mass is 35.5. The van der Waals surface area contributed by atoms with Gasteiger partial charge in [-0.1, -0.05) is 18.2 Å². The Hall–Kier alpha value is -0.860. The van der Waals surface area contributed by atoms with Gasteiger partial charge in [0.15, 0.2) is 0 Å². The van der Waals surface area contributed by atoms with E-state index in [0.29, 0.717) is 23.7 Å². The molecule has 1 aromatic rings. The molecule has 1 aromatic carbocycles. The van der Waals surface area contributed by atoms with Crippen LogP contribution >= 0.6 is 24.8 Å². The number of halogens is 2. The summed E-state index contributed by atoms with van der Waals surface area (Å²) in [6.07, 6.45) is 1.43. The fourth-order valence-corrected chi connectivity index (χ4v) is 0.706. The highest BCUT2D eigenvalue weighted by Gasteiger charge is 1.90. The molecule has 0 amide bonds. The summed E-state index contributed by atoms with van der Waals surface area (Å²) < 4.78 is 0. The molecule has 0 heterocycles. The molecule has 0 aliphatic carbocycles. The van der Waals surface area contributed by atoms with Gasteiger partial charge in [0.25, 0.3) is 0 Å². The van der Waals surface area contributed by atoms with Crippen LogP contribution in [0.25, 0.3) is 0 Å². The molecule has 12 heavy (non-hydrogen) atoms. The highest BCUT2D eigenvalue weighted by molar-refractivity contribution is 5.85. The maximum Gasteiger partial charge on any atom is 0.150 e. The van der Waals surface area contributed by atoms with Crippen LogP contribution in [0.15, 0.2) is 24.3 Å². The molecule has 0 fully saturated rings. The number of carbonyl (C=O) groups excluding carboxylic acids is 2. The van der Waals surface area contributed by atoms with Crippen molar-refractivity contribution >= 4 is 37.4 Å². The van der Waals surface area contributed by atoms with Gasteiger partial charge in [0, 0.05) is 11.1 Å². The van der Waals surface area contributed by atoms with Gasteiger partial charge in [0.1, 0.15) is 12.6 Å². The molecular formula is C8H8Cl2O2. The molecule has 0 N–H and O–H groups in total. The van der Waals surface area contributed by atoms with Crippen LogP contribution in [-0.4, -0.2) is 12.6 Å². The van der Waals surface area contributed by atoms with Crippen LogP contribution in [0.3, 0.4) is 0 Å². The van der Waals surface area contributed by atoms with Gasteiger partial charge in [-0.2, -0.15) is 0 Å². The fourth-order valence-electron chi connectivity index (χ4n) is 0.706. The standard InChI is InChI=1S/C8H6O2.2ClH/c9-5-7-2-1-3-8(4-7)6-10;;/h1-6H;2*1H. The average molecular weight is 207 g/mol. The number of hydrogen-bond donors (Lipinski definition) is 0. The molecule has 0 bridgehead atoms. The molecule has 4 heteroatoms. The Morgan fingerprint density at radius 2 is 1.33 bits per heavy atom. The third kappa shape index (κ3) is 3.51. The molecule has 2 nitrogen and oxygen atoms in total. The third-order valence-corrected chi connectivity index (χ3v) is 1.18. The lowest BCUT2D eigenvalue weighted by Gasteiger charge is -1.89. The van der Waals surface area contributed by atoms with Crippen molar-refractivity contribution in [3.8, 4) is 0 Å². The Bertz CT molecular complexity index is 238. The van der Waals surface area contributed by atoms with Crippen molar-refractivity contribution in [3.05, 3.63) is 35.4 Å². The molecule has 0 saturated heterocycles. The third-order valence-electron chi connectivity index (χ3n) is 1.18. The topological polar surface area (TPSA) is 34.1 Å². The van der Waals surface area contributed by atoms with Gasteiger partial charge in [0.2, 0.25) is 0 Å². The Balaban J connectivity index is 0. The SMILES string of the molecule is Cl.Cl.O=Cc1cccc(C=O)c1. The average Bonchev–Trinajstić information content (AvgIpc) is 2.05. The van der Waals surface area contributed by atoms with Crippen LogP contribution in [-0.2, 0) is 0 Å². The number of rotatable bonds is 2. The van der Waals surface area contributed by atoms with Crippen molar-refractivity contribution in [1.82, 2.24) is 0 Å². The number of hydrogen-bond acceptors (Lipinski definition) is 2. The summed E-state index contributed by atoms with van der Waals surface area (Å²) in [6.45, 7) is 0. The minimum atomic E-state index is 0. The minimum Gasteiger partial charge on any atom is -0.298 e. The van der Waals surface area contributed by atoms with Crippen LogP contribution in [0.4, 0.5) is 0 Å².